The molecule has 2 aromatic carbocycles. The maximum Gasteiger partial charge on any atom is 0.270 e. The van der Waals surface area contributed by atoms with Crippen LogP contribution in [0.5, 0.6) is 0 Å². The van der Waals surface area contributed by atoms with Crippen LogP contribution in [0.2, 0.25) is 0 Å². The van der Waals surface area contributed by atoms with Crippen molar-refractivity contribution in [2.24, 2.45) is 0 Å². The lowest BCUT2D eigenvalue weighted by Crippen LogP contribution is -2.11. The second-order valence-electron chi connectivity index (χ2n) is 5.39. The summed E-state index contributed by atoms with van der Waals surface area (Å²) in [6, 6.07) is 12.6. The van der Waals surface area contributed by atoms with Crippen LogP contribution in [0, 0.1) is 17.0 Å². The van der Waals surface area contributed by atoms with Gasteiger partial charge in [-0.15, -0.1) is 11.8 Å². The minimum Gasteiger partial charge on any atom is -0.302 e. The van der Waals surface area contributed by atoms with Gasteiger partial charge in [0.1, 0.15) is 0 Å². The van der Waals surface area contributed by atoms with Gasteiger partial charge in [-0.3, -0.25) is 14.9 Å². The zero-order chi connectivity index (χ0) is 17.8. The molecule has 6 nitrogen and oxygen atoms in total. The quantitative estimate of drug-likeness (QED) is 0.387. The van der Waals surface area contributed by atoms with Gasteiger partial charge in [0.25, 0.3) is 5.69 Å². The van der Waals surface area contributed by atoms with Crippen molar-refractivity contribution in [3.05, 3.63) is 58.1 Å². The third-order valence-electron chi connectivity index (χ3n) is 3.45. The average Bonchev–Trinajstić information content (AvgIpc) is 2.97. The predicted molar refractivity (Wildman–Crippen MR) is 101 cm³/mol. The van der Waals surface area contributed by atoms with E-state index >= 15 is 0 Å². The van der Waals surface area contributed by atoms with E-state index in [0.717, 1.165) is 4.90 Å². The maximum atomic E-state index is 12.0. The molecule has 25 heavy (non-hydrogen) atoms. The number of carbonyl (C=O) groups excluding carboxylic acids is 1. The molecule has 0 aliphatic carbocycles. The van der Waals surface area contributed by atoms with E-state index < -0.39 is 4.92 Å². The Hall–Kier alpha value is -2.45. The van der Waals surface area contributed by atoms with Gasteiger partial charge >= 0.3 is 0 Å². The van der Waals surface area contributed by atoms with Gasteiger partial charge in [-0.2, -0.15) is 0 Å². The van der Waals surface area contributed by atoms with Gasteiger partial charge in [-0.05, 0) is 25.1 Å². The van der Waals surface area contributed by atoms with Crippen molar-refractivity contribution in [3.8, 4) is 0 Å². The van der Waals surface area contributed by atoms with E-state index in [1.54, 1.807) is 17.8 Å². The highest BCUT2D eigenvalue weighted by molar-refractivity contribution is 7.99. The van der Waals surface area contributed by atoms with Crippen LogP contribution in [0.15, 0.2) is 47.4 Å². The Morgan fingerprint density at radius 3 is 2.76 bits per heavy atom. The summed E-state index contributed by atoms with van der Waals surface area (Å²) >= 11 is 2.86. The Labute approximate surface area is 152 Å². The molecule has 0 unspecified atom stereocenters. The number of amides is 1. The molecule has 0 aliphatic rings. The SMILES string of the molecule is Cc1ccc(SCCC(=O)Nc2nc3ccc([N+](=O)[O-])cc3s2)cc1. The first-order valence-corrected chi connectivity index (χ1v) is 9.36. The molecule has 3 aromatic rings. The standard InChI is InChI=1S/C17H15N3O3S2/c1-11-2-5-13(6-3-11)24-9-8-16(21)19-17-18-14-7-4-12(20(22)23)10-15(14)25-17/h2-7,10H,8-9H2,1H3,(H,18,19,21). The Kier molecular flexibility index (Phi) is 5.30. The van der Waals surface area contributed by atoms with E-state index in [0.29, 0.717) is 27.5 Å². The molecule has 1 heterocycles. The molecule has 128 valence electrons. The van der Waals surface area contributed by atoms with Crippen LogP contribution < -0.4 is 5.32 Å². The van der Waals surface area contributed by atoms with E-state index in [4.69, 9.17) is 0 Å². The van der Waals surface area contributed by atoms with Gasteiger partial charge in [0.15, 0.2) is 5.13 Å². The fraction of sp³-hybridized carbons (Fsp3) is 0.176. The normalized spacial score (nSPS) is 10.8. The number of aromatic nitrogens is 1. The van der Waals surface area contributed by atoms with Crippen molar-refractivity contribution in [2.45, 2.75) is 18.2 Å². The number of thioether (sulfide) groups is 1. The maximum absolute atomic E-state index is 12.0. The molecule has 0 saturated heterocycles. The topological polar surface area (TPSA) is 85.1 Å². The fourth-order valence-electron chi connectivity index (χ4n) is 2.16. The van der Waals surface area contributed by atoms with Crippen molar-refractivity contribution in [1.82, 2.24) is 4.98 Å². The summed E-state index contributed by atoms with van der Waals surface area (Å²) in [6.07, 6.45) is 0.370. The molecular weight excluding hydrogens is 358 g/mol. The monoisotopic (exact) mass is 373 g/mol. The molecule has 0 bridgehead atoms. The second kappa shape index (κ2) is 7.62. The number of nitrogens with zero attached hydrogens (tertiary/aromatic N) is 2. The highest BCUT2D eigenvalue weighted by Gasteiger charge is 2.12. The number of nitro benzene ring substituents is 1. The first-order valence-electron chi connectivity index (χ1n) is 7.55. The first kappa shape index (κ1) is 17.4. The lowest BCUT2D eigenvalue weighted by atomic mass is 10.2. The average molecular weight is 373 g/mol. The van der Waals surface area contributed by atoms with Crippen molar-refractivity contribution in [2.75, 3.05) is 11.1 Å². The molecule has 0 atom stereocenters. The zero-order valence-corrected chi connectivity index (χ0v) is 15.0. The van der Waals surface area contributed by atoms with Crippen LogP contribution in [-0.4, -0.2) is 21.6 Å². The smallest absolute Gasteiger partial charge is 0.270 e. The van der Waals surface area contributed by atoms with E-state index in [-0.39, 0.29) is 11.6 Å². The number of thiazole rings is 1. The molecule has 1 amide bonds. The summed E-state index contributed by atoms with van der Waals surface area (Å²) in [5.41, 5.74) is 1.86. The van der Waals surface area contributed by atoms with E-state index in [1.165, 1.54) is 29.0 Å². The second-order valence-corrected chi connectivity index (χ2v) is 7.59. The molecule has 3 rings (SSSR count). The Morgan fingerprint density at radius 2 is 2.04 bits per heavy atom. The molecule has 0 fully saturated rings. The number of hydrogen-bond acceptors (Lipinski definition) is 6. The number of non-ortho nitro benzene ring substituents is 1. The van der Waals surface area contributed by atoms with Gasteiger partial charge in [-0.1, -0.05) is 29.0 Å². The number of anilines is 1. The Morgan fingerprint density at radius 1 is 1.28 bits per heavy atom. The minimum absolute atomic E-state index is 0.0172. The van der Waals surface area contributed by atoms with E-state index in [1.807, 2.05) is 31.2 Å². The van der Waals surface area contributed by atoms with Crippen LogP contribution >= 0.6 is 23.1 Å². The molecule has 0 spiro atoms. The van der Waals surface area contributed by atoms with E-state index in [2.05, 4.69) is 10.3 Å². The van der Waals surface area contributed by atoms with Gasteiger partial charge in [0.05, 0.1) is 15.1 Å². The number of fused-ring (bicyclic) bond motifs is 1. The number of rotatable bonds is 6. The molecular formula is C17H15N3O3S2. The summed E-state index contributed by atoms with van der Waals surface area (Å²) in [5, 5.41) is 14.0. The Balaban J connectivity index is 1.56. The molecule has 1 aromatic heterocycles. The third kappa shape index (κ3) is 4.55. The lowest BCUT2D eigenvalue weighted by Gasteiger charge is -2.02. The number of hydrogen-bond donors (Lipinski definition) is 1. The number of nitrogens with one attached hydrogen (secondary N) is 1. The van der Waals surface area contributed by atoms with Crippen molar-refractivity contribution in [3.63, 3.8) is 0 Å². The highest BCUT2D eigenvalue weighted by atomic mass is 32.2. The minimum atomic E-state index is -0.445. The largest absolute Gasteiger partial charge is 0.302 e. The number of nitro groups is 1. The third-order valence-corrected chi connectivity index (χ3v) is 5.40. The Bertz CT molecular complexity index is 923. The van der Waals surface area contributed by atoms with Gasteiger partial charge in [-0.25, -0.2) is 4.98 Å². The summed E-state index contributed by atoms with van der Waals surface area (Å²) in [6.45, 7) is 2.04. The summed E-state index contributed by atoms with van der Waals surface area (Å²) in [5.74, 6) is 0.554. The molecule has 1 N–H and O–H groups in total. The van der Waals surface area contributed by atoms with Crippen LogP contribution in [-0.2, 0) is 4.79 Å². The molecule has 0 radical (unpaired) electrons. The zero-order valence-electron chi connectivity index (χ0n) is 13.4. The summed E-state index contributed by atoms with van der Waals surface area (Å²) in [4.78, 5) is 27.8. The van der Waals surface area contributed by atoms with Crippen LogP contribution in [0.4, 0.5) is 10.8 Å². The highest BCUT2D eigenvalue weighted by Crippen LogP contribution is 2.29. The van der Waals surface area contributed by atoms with Gasteiger partial charge < -0.3 is 5.32 Å². The molecule has 8 heteroatoms. The lowest BCUT2D eigenvalue weighted by molar-refractivity contribution is -0.384. The van der Waals surface area contributed by atoms with Crippen LogP contribution in [0.1, 0.15) is 12.0 Å². The fourth-order valence-corrected chi connectivity index (χ4v) is 3.92. The van der Waals surface area contributed by atoms with Crippen LogP contribution in [0.25, 0.3) is 10.2 Å². The van der Waals surface area contributed by atoms with Crippen molar-refractivity contribution >= 4 is 50.0 Å². The number of carbonyl (C=O) groups is 1. The summed E-state index contributed by atoms with van der Waals surface area (Å²) < 4.78 is 0.679. The van der Waals surface area contributed by atoms with Crippen molar-refractivity contribution < 1.29 is 9.72 Å². The van der Waals surface area contributed by atoms with Gasteiger partial charge in [0.2, 0.25) is 5.91 Å². The summed E-state index contributed by atoms with van der Waals surface area (Å²) in [7, 11) is 0. The molecule has 0 aliphatic heterocycles. The van der Waals surface area contributed by atoms with Gasteiger partial charge in [0, 0.05) is 29.2 Å². The first-order chi connectivity index (χ1) is 12.0. The number of aryl methyl sites for hydroxylation is 1. The number of benzene rings is 2. The molecule has 0 saturated carbocycles. The van der Waals surface area contributed by atoms with Crippen LogP contribution in [0.3, 0.4) is 0 Å². The predicted octanol–water partition coefficient (Wildman–Crippen LogP) is 4.63. The van der Waals surface area contributed by atoms with Crippen molar-refractivity contribution in [1.29, 1.82) is 0 Å². The van der Waals surface area contributed by atoms with E-state index in [9.17, 15) is 14.9 Å².